The van der Waals surface area contributed by atoms with E-state index in [0.717, 1.165) is 6.04 Å². The molecule has 70 valence electrons. The summed E-state index contributed by atoms with van der Waals surface area (Å²) in [7, 11) is 0. The van der Waals surface area contributed by atoms with Crippen molar-refractivity contribution in [3.05, 3.63) is 0 Å². The Balaban J connectivity index is 1.83. The standard InChI is InChI=1S/C10H20N2/c1-2-3-5-10(6-7-10)9-4-8-11-12-9/h9,11-12H,2-8H2,1H3. The molecule has 2 aliphatic rings. The average molecular weight is 168 g/mol. The molecule has 0 aromatic carbocycles. The monoisotopic (exact) mass is 168 g/mol. The van der Waals surface area contributed by atoms with Crippen LogP contribution in [-0.2, 0) is 0 Å². The summed E-state index contributed by atoms with van der Waals surface area (Å²) in [5, 5.41) is 0. The lowest BCUT2D eigenvalue weighted by molar-refractivity contribution is 0.322. The maximum absolute atomic E-state index is 3.42. The molecule has 0 radical (unpaired) electrons. The molecule has 1 heterocycles. The fourth-order valence-electron chi connectivity index (χ4n) is 2.41. The van der Waals surface area contributed by atoms with Crippen LogP contribution in [0.25, 0.3) is 0 Å². The zero-order chi connectivity index (χ0) is 8.44. The molecular weight excluding hydrogens is 148 g/mol. The Labute approximate surface area is 75.1 Å². The van der Waals surface area contributed by atoms with E-state index in [1.807, 2.05) is 0 Å². The lowest BCUT2D eigenvalue weighted by Gasteiger charge is -2.21. The quantitative estimate of drug-likeness (QED) is 0.669. The highest BCUT2D eigenvalue weighted by Gasteiger charge is 2.49. The average Bonchev–Trinajstić information content (AvgIpc) is 2.66. The minimum Gasteiger partial charge on any atom is -0.258 e. The number of nitrogens with one attached hydrogen (secondary N) is 2. The van der Waals surface area contributed by atoms with Gasteiger partial charge in [-0.15, -0.1) is 0 Å². The minimum absolute atomic E-state index is 0.708. The van der Waals surface area contributed by atoms with Gasteiger partial charge in [-0.05, 0) is 31.1 Å². The summed E-state index contributed by atoms with van der Waals surface area (Å²) in [6, 6.07) is 0.782. The van der Waals surface area contributed by atoms with Crippen molar-refractivity contribution in [2.75, 3.05) is 6.54 Å². The normalized spacial score (nSPS) is 32.2. The molecule has 0 spiro atoms. The third-order valence-electron chi connectivity index (χ3n) is 3.49. The molecule has 0 aromatic heterocycles. The molecular formula is C10H20N2. The summed E-state index contributed by atoms with van der Waals surface area (Å²) in [6.07, 6.45) is 8.48. The molecule has 1 aliphatic carbocycles. The summed E-state index contributed by atoms with van der Waals surface area (Å²) in [4.78, 5) is 0. The zero-order valence-corrected chi connectivity index (χ0v) is 8.03. The third-order valence-corrected chi connectivity index (χ3v) is 3.49. The highest BCUT2D eigenvalue weighted by Crippen LogP contribution is 2.53. The van der Waals surface area contributed by atoms with E-state index in [-0.39, 0.29) is 0 Å². The van der Waals surface area contributed by atoms with Gasteiger partial charge in [-0.3, -0.25) is 10.9 Å². The molecule has 2 fully saturated rings. The predicted molar refractivity (Wildman–Crippen MR) is 50.7 cm³/mol. The molecule has 2 N–H and O–H groups in total. The molecule has 1 saturated carbocycles. The van der Waals surface area contributed by atoms with Gasteiger partial charge in [-0.2, -0.15) is 0 Å². The van der Waals surface area contributed by atoms with Gasteiger partial charge in [-0.25, -0.2) is 0 Å². The van der Waals surface area contributed by atoms with E-state index in [0.29, 0.717) is 5.41 Å². The Morgan fingerprint density at radius 1 is 1.42 bits per heavy atom. The van der Waals surface area contributed by atoms with Gasteiger partial charge >= 0.3 is 0 Å². The van der Waals surface area contributed by atoms with Crippen molar-refractivity contribution in [3.8, 4) is 0 Å². The summed E-state index contributed by atoms with van der Waals surface area (Å²) < 4.78 is 0. The maximum Gasteiger partial charge on any atom is 0.0281 e. The van der Waals surface area contributed by atoms with E-state index >= 15 is 0 Å². The number of hydrogen-bond acceptors (Lipinski definition) is 2. The van der Waals surface area contributed by atoms with Crippen molar-refractivity contribution in [2.45, 2.75) is 51.5 Å². The molecule has 0 bridgehead atoms. The Morgan fingerprint density at radius 3 is 2.75 bits per heavy atom. The van der Waals surface area contributed by atoms with Crippen LogP contribution in [0.3, 0.4) is 0 Å². The van der Waals surface area contributed by atoms with Crippen LogP contribution < -0.4 is 10.9 Å². The number of rotatable bonds is 4. The topological polar surface area (TPSA) is 24.1 Å². The summed E-state index contributed by atoms with van der Waals surface area (Å²) in [6.45, 7) is 3.45. The molecule has 2 rings (SSSR count). The van der Waals surface area contributed by atoms with Crippen molar-refractivity contribution in [1.29, 1.82) is 0 Å². The van der Waals surface area contributed by atoms with Gasteiger partial charge in [0.15, 0.2) is 0 Å². The lowest BCUT2D eigenvalue weighted by Crippen LogP contribution is -2.36. The third kappa shape index (κ3) is 1.50. The van der Waals surface area contributed by atoms with Crippen LogP contribution >= 0.6 is 0 Å². The van der Waals surface area contributed by atoms with E-state index in [4.69, 9.17) is 0 Å². The molecule has 1 aliphatic heterocycles. The van der Waals surface area contributed by atoms with E-state index in [9.17, 15) is 0 Å². The summed E-state index contributed by atoms with van der Waals surface area (Å²) in [5.74, 6) is 0. The first kappa shape index (κ1) is 8.52. The number of hydrogen-bond donors (Lipinski definition) is 2. The molecule has 1 unspecified atom stereocenters. The SMILES string of the molecule is CCCCC1(C2CCNN2)CC1. The van der Waals surface area contributed by atoms with Crippen LogP contribution in [0, 0.1) is 5.41 Å². The molecule has 2 heteroatoms. The van der Waals surface area contributed by atoms with Crippen molar-refractivity contribution in [2.24, 2.45) is 5.41 Å². The number of hydrazine groups is 1. The van der Waals surface area contributed by atoms with Gasteiger partial charge in [-0.1, -0.05) is 19.8 Å². The smallest absolute Gasteiger partial charge is 0.0281 e. The van der Waals surface area contributed by atoms with Gasteiger partial charge in [0.05, 0.1) is 0 Å². The van der Waals surface area contributed by atoms with Crippen LogP contribution in [0.4, 0.5) is 0 Å². The Bertz CT molecular complexity index is 146. The van der Waals surface area contributed by atoms with Crippen LogP contribution in [0.2, 0.25) is 0 Å². The predicted octanol–water partition coefficient (Wildman–Crippen LogP) is 1.82. The first-order valence-electron chi connectivity index (χ1n) is 5.36. The summed E-state index contributed by atoms with van der Waals surface area (Å²) in [5.41, 5.74) is 7.37. The second kappa shape index (κ2) is 3.35. The van der Waals surface area contributed by atoms with Crippen LogP contribution in [-0.4, -0.2) is 12.6 Å². The van der Waals surface area contributed by atoms with Gasteiger partial charge in [0.1, 0.15) is 0 Å². The van der Waals surface area contributed by atoms with Crippen LogP contribution in [0.15, 0.2) is 0 Å². The molecule has 2 nitrogen and oxygen atoms in total. The second-order valence-electron chi connectivity index (χ2n) is 4.38. The van der Waals surface area contributed by atoms with E-state index < -0.39 is 0 Å². The largest absolute Gasteiger partial charge is 0.258 e. The Morgan fingerprint density at radius 2 is 2.25 bits per heavy atom. The maximum atomic E-state index is 3.42. The van der Waals surface area contributed by atoms with Crippen molar-refractivity contribution >= 4 is 0 Å². The van der Waals surface area contributed by atoms with Crippen molar-refractivity contribution in [3.63, 3.8) is 0 Å². The van der Waals surface area contributed by atoms with Crippen LogP contribution in [0.1, 0.15) is 45.4 Å². The van der Waals surface area contributed by atoms with Crippen LogP contribution in [0.5, 0.6) is 0 Å². The highest BCUT2D eigenvalue weighted by molar-refractivity contribution is 5.02. The lowest BCUT2D eigenvalue weighted by atomic mass is 9.89. The van der Waals surface area contributed by atoms with Gasteiger partial charge < -0.3 is 0 Å². The van der Waals surface area contributed by atoms with Crippen molar-refractivity contribution in [1.82, 2.24) is 10.9 Å². The first-order chi connectivity index (χ1) is 5.87. The van der Waals surface area contributed by atoms with Gasteiger partial charge in [0, 0.05) is 12.6 Å². The fourth-order valence-corrected chi connectivity index (χ4v) is 2.41. The molecule has 12 heavy (non-hydrogen) atoms. The molecule has 0 aromatic rings. The van der Waals surface area contributed by atoms with E-state index in [1.54, 1.807) is 0 Å². The number of unbranched alkanes of at least 4 members (excludes halogenated alkanes) is 1. The van der Waals surface area contributed by atoms with Gasteiger partial charge in [0.2, 0.25) is 0 Å². The molecule has 1 saturated heterocycles. The van der Waals surface area contributed by atoms with Gasteiger partial charge in [0.25, 0.3) is 0 Å². The summed E-state index contributed by atoms with van der Waals surface area (Å²) >= 11 is 0. The second-order valence-corrected chi connectivity index (χ2v) is 4.38. The zero-order valence-electron chi connectivity index (χ0n) is 8.03. The highest BCUT2D eigenvalue weighted by atomic mass is 15.4. The van der Waals surface area contributed by atoms with E-state index in [2.05, 4.69) is 17.8 Å². The molecule has 0 amide bonds. The van der Waals surface area contributed by atoms with E-state index in [1.165, 1.54) is 45.1 Å². The fraction of sp³-hybridized carbons (Fsp3) is 1.00. The van der Waals surface area contributed by atoms with Crippen molar-refractivity contribution < 1.29 is 0 Å². The molecule has 1 atom stereocenters. The minimum atomic E-state index is 0.708. The first-order valence-corrected chi connectivity index (χ1v) is 5.36. The Kier molecular flexibility index (Phi) is 2.37. The Hall–Kier alpha value is -0.0800.